The number of aromatic nitrogens is 3. The summed E-state index contributed by atoms with van der Waals surface area (Å²) in [5.41, 5.74) is 5.64. The van der Waals surface area contributed by atoms with Crippen LogP contribution in [0.25, 0.3) is 0 Å². The van der Waals surface area contributed by atoms with Crippen LogP contribution in [0.5, 0.6) is 0 Å². The fourth-order valence-corrected chi connectivity index (χ4v) is 3.17. The van der Waals surface area contributed by atoms with Crippen molar-refractivity contribution in [2.24, 2.45) is 11.1 Å². The number of hydrogen-bond donors (Lipinski definition) is 1. The fourth-order valence-electron chi connectivity index (χ4n) is 3.17. The van der Waals surface area contributed by atoms with Gasteiger partial charge in [0.2, 0.25) is 0 Å². The summed E-state index contributed by atoms with van der Waals surface area (Å²) >= 11 is 0. The minimum absolute atomic E-state index is 0.225. The third kappa shape index (κ3) is 3.08. The molecule has 1 aromatic heterocycles. The van der Waals surface area contributed by atoms with Gasteiger partial charge in [-0.05, 0) is 26.7 Å². The zero-order chi connectivity index (χ0) is 14.6. The van der Waals surface area contributed by atoms with E-state index in [-0.39, 0.29) is 17.2 Å². The largest absolute Gasteiger partial charge is 0.329 e. The van der Waals surface area contributed by atoms with Crippen LogP contribution in [0.4, 0.5) is 0 Å². The number of carbonyl (C=O) groups excluding carboxylic acids is 1. The van der Waals surface area contributed by atoms with Gasteiger partial charge >= 0.3 is 0 Å². The topological polar surface area (TPSA) is 73.8 Å². The van der Waals surface area contributed by atoms with Crippen molar-refractivity contribution in [1.82, 2.24) is 14.8 Å². The Morgan fingerprint density at radius 3 is 2.55 bits per heavy atom. The van der Waals surface area contributed by atoms with Crippen molar-refractivity contribution in [3.05, 3.63) is 12.2 Å². The molecule has 0 aliphatic heterocycles. The molecule has 0 aromatic carbocycles. The maximum atomic E-state index is 12.8. The normalized spacial score (nSPS) is 19.0. The van der Waals surface area contributed by atoms with Crippen molar-refractivity contribution < 1.29 is 4.79 Å². The molecule has 1 heterocycles. The second kappa shape index (κ2) is 6.48. The maximum absolute atomic E-state index is 12.8. The monoisotopic (exact) mass is 278 g/mol. The Morgan fingerprint density at radius 1 is 1.35 bits per heavy atom. The molecular weight excluding hydrogens is 252 g/mol. The van der Waals surface area contributed by atoms with Gasteiger partial charge in [-0.2, -0.15) is 5.10 Å². The molecule has 0 amide bonds. The van der Waals surface area contributed by atoms with Crippen molar-refractivity contribution in [2.75, 3.05) is 6.54 Å². The van der Waals surface area contributed by atoms with E-state index in [0.29, 0.717) is 13.0 Å². The van der Waals surface area contributed by atoms with Crippen molar-refractivity contribution in [1.29, 1.82) is 0 Å². The Balaban J connectivity index is 2.14. The summed E-state index contributed by atoms with van der Waals surface area (Å²) in [5.74, 6) is 1.01. The molecule has 0 bridgehead atoms. The molecule has 0 atom stereocenters. The Kier molecular flexibility index (Phi) is 4.91. The van der Waals surface area contributed by atoms with Gasteiger partial charge in [0.1, 0.15) is 17.9 Å². The molecule has 5 nitrogen and oxygen atoms in total. The molecule has 0 radical (unpaired) electrons. The Morgan fingerprint density at radius 2 is 2.00 bits per heavy atom. The van der Waals surface area contributed by atoms with Crippen LogP contribution < -0.4 is 5.73 Å². The molecule has 2 N–H and O–H groups in total. The van der Waals surface area contributed by atoms with Gasteiger partial charge in [-0.1, -0.05) is 25.7 Å². The van der Waals surface area contributed by atoms with Crippen LogP contribution in [-0.2, 0) is 11.2 Å². The first kappa shape index (κ1) is 15.2. The van der Waals surface area contributed by atoms with Gasteiger partial charge in [0.05, 0.1) is 6.42 Å². The van der Waals surface area contributed by atoms with E-state index < -0.39 is 0 Å². The molecule has 1 aromatic rings. The summed E-state index contributed by atoms with van der Waals surface area (Å²) in [7, 11) is 0. The molecule has 20 heavy (non-hydrogen) atoms. The minimum atomic E-state index is -0.329. The number of ketones is 1. The van der Waals surface area contributed by atoms with E-state index in [1.54, 1.807) is 0 Å². The summed E-state index contributed by atoms with van der Waals surface area (Å²) < 4.78 is 1.83. The van der Waals surface area contributed by atoms with E-state index in [9.17, 15) is 4.79 Å². The first-order chi connectivity index (χ1) is 9.59. The van der Waals surface area contributed by atoms with Gasteiger partial charge in [0.15, 0.2) is 0 Å². The number of rotatable bonds is 5. The average molecular weight is 278 g/mol. The molecule has 1 saturated carbocycles. The smallest absolute Gasteiger partial charge is 0.147 e. The summed E-state index contributed by atoms with van der Waals surface area (Å²) in [5, 5.41) is 4.20. The molecule has 2 rings (SSSR count). The van der Waals surface area contributed by atoms with Crippen LogP contribution in [0, 0.1) is 5.41 Å². The standard InChI is InChI=1S/C15H26N4O/c1-12(2)19-14(17-11-18-19)9-13(20)15(10-16)7-5-3-4-6-8-15/h11-12H,3-10,16H2,1-2H3. The lowest BCUT2D eigenvalue weighted by Crippen LogP contribution is -2.39. The van der Waals surface area contributed by atoms with Gasteiger partial charge in [-0.15, -0.1) is 0 Å². The van der Waals surface area contributed by atoms with E-state index >= 15 is 0 Å². The second-order valence-electron chi connectivity index (χ2n) is 6.21. The Labute approximate surface area is 120 Å². The van der Waals surface area contributed by atoms with Crippen molar-refractivity contribution in [3.8, 4) is 0 Å². The number of carbonyl (C=O) groups is 1. The lowest BCUT2D eigenvalue weighted by Gasteiger charge is -2.29. The average Bonchev–Trinajstić information content (AvgIpc) is 2.75. The third-order valence-corrected chi connectivity index (χ3v) is 4.50. The van der Waals surface area contributed by atoms with E-state index in [1.807, 2.05) is 18.5 Å². The van der Waals surface area contributed by atoms with Crippen molar-refractivity contribution >= 4 is 5.78 Å². The van der Waals surface area contributed by atoms with E-state index in [2.05, 4.69) is 10.1 Å². The summed E-state index contributed by atoms with van der Waals surface area (Å²) in [6.07, 6.45) is 8.41. The Hall–Kier alpha value is -1.23. The van der Waals surface area contributed by atoms with Crippen molar-refractivity contribution in [2.45, 2.75) is 64.8 Å². The van der Waals surface area contributed by atoms with Gasteiger partial charge in [0, 0.05) is 18.0 Å². The van der Waals surface area contributed by atoms with Crippen LogP contribution in [-0.4, -0.2) is 27.1 Å². The quantitative estimate of drug-likeness (QED) is 0.838. The second-order valence-corrected chi connectivity index (χ2v) is 6.21. The highest BCUT2D eigenvalue weighted by Crippen LogP contribution is 2.35. The highest BCUT2D eigenvalue weighted by atomic mass is 16.1. The SMILES string of the molecule is CC(C)n1ncnc1CC(=O)C1(CN)CCCCCC1. The summed E-state index contributed by atoms with van der Waals surface area (Å²) in [6, 6.07) is 0.225. The van der Waals surface area contributed by atoms with Gasteiger partial charge in [-0.25, -0.2) is 9.67 Å². The predicted octanol–water partition coefficient (Wildman–Crippen LogP) is 2.27. The zero-order valence-electron chi connectivity index (χ0n) is 12.6. The van der Waals surface area contributed by atoms with Crippen LogP contribution in [0.1, 0.15) is 64.2 Å². The van der Waals surface area contributed by atoms with E-state index in [4.69, 9.17) is 5.73 Å². The molecular formula is C15H26N4O. The zero-order valence-corrected chi connectivity index (χ0v) is 12.6. The van der Waals surface area contributed by atoms with E-state index in [0.717, 1.165) is 31.5 Å². The lowest BCUT2D eigenvalue weighted by atomic mass is 9.75. The molecule has 0 unspecified atom stereocenters. The molecule has 1 aliphatic rings. The van der Waals surface area contributed by atoms with Gasteiger partial charge < -0.3 is 5.73 Å². The number of nitrogens with zero attached hydrogens (tertiary/aromatic N) is 3. The van der Waals surface area contributed by atoms with Gasteiger partial charge in [0.25, 0.3) is 0 Å². The molecule has 5 heteroatoms. The van der Waals surface area contributed by atoms with Crippen LogP contribution in [0.15, 0.2) is 6.33 Å². The minimum Gasteiger partial charge on any atom is -0.329 e. The maximum Gasteiger partial charge on any atom is 0.147 e. The van der Waals surface area contributed by atoms with Crippen LogP contribution in [0.2, 0.25) is 0 Å². The number of hydrogen-bond acceptors (Lipinski definition) is 4. The number of nitrogens with two attached hydrogens (primary N) is 1. The predicted molar refractivity (Wildman–Crippen MR) is 78.3 cm³/mol. The molecule has 0 spiro atoms. The highest BCUT2D eigenvalue weighted by molar-refractivity contribution is 5.86. The van der Waals surface area contributed by atoms with Crippen molar-refractivity contribution in [3.63, 3.8) is 0 Å². The first-order valence-corrected chi connectivity index (χ1v) is 7.71. The van der Waals surface area contributed by atoms with Gasteiger partial charge in [-0.3, -0.25) is 4.79 Å². The molecule has 1 aliphatic carbocycles. The van der Waals surface area contributed by atoms with E-state index in [1.165, 1.54) is 19.2 Å². The molecule has 1 fully saturated rings. The Bertz CT molecular complexity index is 444. The van der Waals surface area contributed by atoms with Crippen LogP contribution >= 0.6 is 0 Å². The van der Waals surface area contributed by atoms with Crippen LogP contribution in [0.3, 0.4) is 0 Å². The first-order valence-electron chi connectivity index (χ1n) is 7.71. The number of Topliss-reactive ketones (excluding diaryl/α,β-unsaturated/α-hetero) is 1. The molecule has 0 saturated heterocycles. The fraction of sp³-hybridized carbons (Fsp3) is 0.800. The lowest BCUT2D eigenvalue weighted by molar-refractivity contribution is -0.128. The molecule has 112 valence electrons. The highest BCUT2D eigenvalue weighted by Gasteiger charge is 2.37. The summed E-state index contributed by atoms with van der Waals surface area (Å²) in [6.45, 7) is 4.56. The summed E-state index contributed by atoms with van der Waals surface area (Å²) in [4.78, 5) is 17.0. The third-order valence-electron chi connectivity index (χ3n) is 4.50.